The molecule has 2 aromatic rings. The van der Waals surface area contributed by atoms with Gasteiger partial charge in [0.2, 0.25) is 5.91 Å². The van der Waals surface area contributed by atoms with Crippen molar-refractivity contribution in [3.63, 3.8) is 0 Å². The standard InChI is InChI=1S/C23H33N3O2/c1-16-21-12-9-19(15-22(21)25(24-16)13-6-14-28-3)17(2)26(20-10-11-20)23(27)18-7-4-5-8-18/h9,12,15,17-18,20H,4-8,10-11,13-14H2,1-3H3. The molecular weight excluding hydrogens is 350 g/mol. The monoisotopic (exact) mass is 383 g/mol. The van der Waals surface area contributed by atoms with E-state index in [4.69, 9.17) is 9.84 Å². The number of ether oxygens (including phenoxy) is 1. The minimum absolute atomic E-state index is 0.118. The number of carbonyl (C=O) groups is 1. The van der Waals surface area contributed by atoms with Crippen molar-refractivity contribution >= 4 is 16.8 Å². The van der Waals surface area contributed by atoms with Crippen LogP contribution in [0.25, 0.3) is 10.9 Å². The Morgan fingerprint density at radius 1 is 1.29 bits per heavy atom. The van der Waals surface area contributed by atoms with Crippen LogP contribution in [0.2, 0.25) is 0 Å². The van der Waals surface area contributed by atoms with Gasteiger partial charge in [0.1, 0.15) is 0 Å². The number of nitrogens with zero attached hydrogens (tertiary/aromatic N) is 3. The van der Waals surface area contributed by atoms with Gasteiger partial charge in [-0.1, -0.05) is 25.0 Å². The first-order chi connectivity index (χ1) is 13.6. The molecule has 1 amide bonds. The Labute approximate surface area is 168 Å². The maximum absolute atomic E-state index is 13.2. The summed E-state index contributed by atoms with van der Waals surface area (Å²) < 4.78 is 7.30. The lowest BCUT2D eigenvalue weighted by atomic mass is 10.0. The van der Waals surface area contributed by atoms with Crippen molar-refractivity contribution in [2.45, 2.75) is 77.4 Å². The minimum Gasteiger partial charge on any atom is -0.385 e. The molecule has 152 valence electrons. The molecular formula is C23H33N3O2. The zero-order chi connectivity index (χ0) is 19.7. The van der Waals surface area contributed by atoms with Crippen LogP contribution in [0, 0.1) is 12.8 Å². The molecule has 1 heterocycles. The lowest BCUT2D eigenvalue weighted by molar-refractivity contribution is -0.138. The molecule has 4 rings (SSSR count). The SMILES string of the molecule is COCCCn1nc(C)c2ccc(C(C)N(C(=O)C3CCCC3)C3CC3)cc21. The first kappa shape index (κ1) is 19.4. The summed E-state index contributed by atoms with van der Waals surface area (Å²) in [5, 5.41) is 5.94. The lowest BCUT2D eigenvalue weighted by Gasteiger charge is -2.32. The zero-order valence-corrected chi connectivity index (χ0v) is 17.5. The van der Waals surface area contributed by atoms with Crippen molar-refractivity contribution in [2.24, 2.45) is 5.92 Å². The Morgan fingerprint density at radius 2 is 2.04 bits per heavy atom. The third-order valence-corrected chi connectivity index (χ3v) is 6.48. The van der Waals surface area contributed by atoms with Gasteiger partial charge >= 0.3 is 0 Å². The number of fused-ring (bicyclic) bond motifs is 1. The van der Waals surface area contributed by atoms with Gasteiger partial charge in [0.15, 0.2) is 0 Å². The van der Waals surface area contributed by atoms with Crippen LogP contribution in [-0.2, 0) is 16.1 Å². The minimum atomic E-state index is 0.118. The van der Waals surface area contributed by atoms with E-state index in [9.17, 15) is 4.79 Å². The van der Waals surface area contributed by atoms with E-state index in [0.717, 1.165) is 50.9 Å². The van der Waals surface area contributed by atoms with Crippen LogP contribution in [-0.4, -0.2) is 40.3 Å². The van der Waals surface area contributed by atoms with Crippen molar-refractivity contribution in [2.75, 3.05) is 13.7 Å². The number of benzene rings is 1. The molecule has 1 aromatic heterocycles. The van der Waals surface area contributed by atoms with E-state index < -0.39 is 0 Å². The van der Waals surface area contributed by atoms with E-state index in [2.05, 4.69) is 41.6 Å². The van der Waals surface area contributed by atoms with E-state index in [1.165, 1.54) is 29.3 Å². The predicted molar refractivity (Wildman–Crippen MR) is 111 cm³/mol. The van der Waals surface area contributed by atoms with Crippen molar-refractivity contribution < 1.29 is 9.53 Å². The topological polar surface area (TPSA) is 47.4 Å². The number of methoxy groups -OCH3 is 1. The molecule has 0 N–H and O–H groups in total. The maximum Gasteiger partial charge on any atom is 0.226 e. The third-order valence-electron chi connectivity index (χ3n) is 6.48. The van der Waals surface area contributed by atoms with Gasteiger partial charge in [-0.05, 0) is 57.6 Å². The normalized spacial score (nSPS) is 18.7. The molecule has 0 saturated heterocycles. The number of amides is 1. The fraction of sp³-hybridized carbons (Fsp3) is 0.652. The largest absolute Gasteiger partial charge is 0.385 e. The average molecular weight is 384 g/mol. The van der Waals surface area contributed by atoms with Crippen LogP contribution >= 0.6 is 0 Å². The number of aryl methyl sites for hydroxylation is 2. The van der Waals surface area contributed by atoms with Crippen LogP contribution in [0.4, 0.5) is 0 Å². The zero-order valence-electron chi connectivity index (χ0n) is 17.5. The highest BCUT2D eigenvalue weighted by molar-refractivity contribution is 5.83. The first-order valence-corrected chi connectivity index (χ1v) is 10.9. The van der Waals surface area contributed by atoms with Crippen molar-refractivity contribution in [1.82, 2.24) is 14.7 Å². The molecule has 0 bridgehead atoms. The highest BCUT2D eigenvalue weighted by Crippen LogP contribution is 2.39. The predicted octanol–water partition coefficient (Wildman–Crippen LogP) is 4.62. The highest BCUT2D eigenvalue weighted by atomic mass is 16.5. The Morgan fingerprint density at radius 3 is 2.71 bits per heavy atom. The Hall–Kier alpha value is -1.88. The Kier molecular flexibility index (Phi) is 5.72. The van der Waals surface area contributed by atoms with Gasteiger partial charge in [-0.3, -0.25) is 9.48 Å². The fourth-order valence-electron chi connectivity index (χ4n) is 4.73. The van der Waals surface area contributed by atoms with Crippen molar-refractivity contribution in [1.29, 1.82) is 0 Å². The van der Waals surface area contributed by atoms with E-state index in [1.807, 2.05) is 0 Å². The molecule has 0 spiro atoms. The Bertz CT molecular complexity index is 834. The van der Waals surface area contributed by atoms with Gasteiger partial charge in [-0.25, -0.2) is 0 Å². The average Bonchev–Trinajstić information content (AvgIpc) is 3.26. The van der Waals surface area contributed by atoms with E-state index in [1.54, 1.807) is 7.11 Å². The number of hydrogen-bond acceptors (Lipinski definition) is 3. The summed E-state index contributed by atoms with van der Waals surface area (Å²) in [6.07, 6.45) is 7.79. The van der Waals surface area contributed by atoms with Crippen LogP contribution in [0.1, 0.15) is 69.2 Å². The summed E-state index contributed by atoms with van der Waals surface area (Å²) in [6.45, 7) is 5.86. The highest BCUT2D eigenvalue weighted by Gasteiger charge is 2.39. The van der Waals surface area contributed by atoms with Crippen molar-refractivity contribution in [3.8, 4) is 0 Å². The van der Waals surface area contributed by atoms with Crippen LogP contribution in [0.15, 0.2) is 18.2 Å². The molecule has 5 nitrogen and oxygen atoms in total. The lowest BCUT2D eigenvalue weighted by Crippen LogP contribution is -2.39. The first-order valence-electron chi connectivity index (χ1n) is 10.9. The molecule has 0 aliphatic heterocycles. The second-order valence-electron chi connectivity index (χ2n) is 8.57. The van der Waals surface area contributed by atoms with Gasteiger partial charge in [-0.15, -0.1) is 0 Å². The number of aromatic nitrogens is 2. The fourth-order valence-corrected chi connectivity index (χ4v) is 4.73. The molecule has 2 fully saturated rings. The second kappa shape index (κ2) is 8.24. The second-order valence-corrected chi connectivity index (χ2v) is 8.57. The van der Waals surface area contributed by atoms with Crippen molar-refractivity contribution in [3.05, 3.63) is 29.5 Å². The molecule has 2 saturated carbocycles. The molecule has 1 atom stereocenters. The summed E-state index contributed by atoms with van der Waals surface area (Å²) in [5.74, 6) is 0.631. The maximum atomic E-state index is 13.2. The van der Waals surface area contributed by atoms with Gasteiger partial charge in [0.25, 0.3) is 0 Å². The summed E-state index contributed by atoms with van der Waals surface area (Å²) in [6, 6.07) is 7.18. The third kappa shape index (κ3) is 3.82. The quantitative estimate of drug-likeness (QED) is 0.625. The molecule has 0 radical (unpaired) electrons. The molecule has 2 aliphatic rings. The van der Waals surface area contributed by atoms with Gasteiger partial charge in [0.05, 0.1) is 17.3 Å². The smallest absolute Gasteiger partial charge is 0.226 e. The summed E-state index contributed by atoms with van der Waals surface area (Å²) >= 11 is 0. The summed E-state index contributed by atoms with van der Waals surface area (Å²) in [5.41, 5.74) is 3.45. The van der Waals surface area contributed by atoms with E-state index in [0.29, 0.717) is 11.9 Å². The molecule has 5 heteroatoms. The van der Waals surface area contributed by atoms with Crippen LogP contribution in [0.5, 0.6) is 0 Å². The summed E-state index contributed by atoms with van der Waals surface area (Å²) in [7, 11) is 1.74. The van der Waals surface area contributed by atoms with Gasteiger partial charge in [-0.2, -0.15) is 5.10 Å². The molecule has 1 unspecified atom stereocenters. The number of carbonyl (C=O) groups excluding carboxylic acids is 1. The van der Waals surface area contributed by atoms with Crippen LogP contribution in [0.3, 0.4) is 0 Å². The number of hydrogen-bond donors (Lipinski definition) is 0. The van der Waals surface area contributed by atoms with E-state index >= 15 is 0 Å². The van der Waals surface area contributed by atoms with Gasteiger partial charge in [0, 0.05) is 37.6 Å². The number of rotatable bonds is 8. The van der Waals surface area contributed by atoms with E-state index in [-0.39, 0.29) is 12.0 Å². The molecule has 1 aromatic carbocycles. The van der Waals surface area contributed by atoms with Crippen LogP contribution < -0.4 is 0 Å². The molecule has 2 aliphatic carbocycles. The molecule has 28 heavy (non-hydrogen) atoms. The van der Waals surface area contributed by atoms with Gasteiger partial charge < -0.3 is 9.64 Å². The summed E-state index contributed by atoms with van der Waals surface area (Å²) in [4.78, 5) is 15.4. The Balaban J connectivity index is 1.61.